The van der Waals surface area contributed by atoms with Gasteiger partial charge in [-0.15, -0.1) is 0 Å². The monoisotopic (exact) mass is 423 g/mol. The first-order valence-corrected chi connectivity index (χ1v) is 11.2. The minimum atomic E-state index is 0.145. The Bertz CT molecular complexity index is 952. The molecule has 1 aromatic carbocycles. The molecule has 2 saturated heterocycles. The lowest BCUT2D eigenvalue weighted by atomic mass is 10.1. The fourth-order valence-electron chi connectivity index (χ4n) is 4.46. The molecule has 164 valence electrons. The third kappa shape index (κ3) is 4.38. The second-order valence-electron chi connectivity index (χ2n) is 8.45. The molecule has 3 aliphatic rings. The Balaban J connectivity index is 1.20. The SMILES string of the molecule is Cc1cc(N2CCN(C(=O)Cc3ccc4c(c3)OCO4)CC2)nc(N2CCCCC2)n1. The summed E-state index contributed by atoms with van der Waals surface area (Å²) in [6.45, 7) is 7.30. The zero-order chi connectivity index (χ0) is 21.2. The van der Waals surface area contributed by atoms with Crippen LogP contribution in [0.3, 0.4) is 0 Å². The van der Waals surface area contributed by atoms with Crippen LogP contribution in [-0.2, 0) is 11.2 Å². The van der Waals surface area contributed by atoms with Crippen molar-refractivity contribution in [3.63, 3.8) is 0 Å². The molecule has 0 radical (unpaired) electrons. The third-order valence-electron chi connectivity index (χ3n) is 6.22. The Labute approximate surface area is 182 Å². The maximum atomic E-state index is 12.8. The van der Waals surface area contributed by atoms with Gasteiger partial charge in [-0.2, -0.15) is 4.98 Å². The molecular formula is C23H29N5O3. The molecule has 0 N–H and O–H groups in total. The van der Waals surface area contributed by atoms with Gasteiger partial charge in [0.2, 0.25) is 18.6 Å². The Hall–Kier alpha value is -3.03. The largest absolute Gasteiger partial charge is 0.454 e. The number of anilines is 2. The number of piperazine rings is 1. The lowest BCUT2D eigenvalue weighted by Crippen LogP contribution is -2.49. The number of nitrogens with zero attached hydrogens (tertiary/aromatic N) is 5. The summed E-state index contributed by atoms with van der Waals surface area (Å²) < 4.78 is 10.8. The molecule has 31 heavy (non-hydrogen) atoms. The van der Waals surface area contributed by atoms with E-state index in [1.54, 1.807) is 0 Å². The fraction of sp³-hybridized carbons (Fsp3) is 0.522. The molecule has 0 unspecified atom stereocenters. The van der Waals surface area contributed by atoms with E-state index in [0.29, 0.717) is 19.5 Å². The van der Waals surface area contributed by atoms with Crippen LogP contribution in [0.4, 0.5) is 11.8 Å². The van der Waals surface area contributed by atoms with Crippen LogP contribution in [0, 0.1) is 6.92 Å². The zero-order valence-corrected chi connectivity index (χ0v) is 18.0. The van der Waals surface area contributed by atoms with Gasteiger partial charge in [-0.25, -0.2) is 4.98 Å². The quantitative estimate of drug-likeness (QED) is 0.748. The summed E-state index contributed by atoms with van der Waals surface area (Å²) in [7, 11) is 0. The van der Waals surface area contributed by atoms with Crippen LogP contribution >= 0.6 is 0 Å². The standard InChI is InChI=1S/C23H29N5O3/c1-17-13-21(25-23(24-17)28-7-3-2-4-8-28)26-9-11-27(12-10-26)22(29)15-18-5-6-19-20(14-18)31-16-30-19/h5-6,13-14H,2-4,7-12,15-16H2,1H3. The summed E-state index contributed by atoms with van der Waals surface area (Å²) in [6, 6.07) is 7.77. The molecule has 8 heteroatoms. The highest BCUT2D eigenvalue weighted by atomic mass is 16.7. The number of amides is 1. The molecule has 8 nitrogen and oxygen atoms in total. The molecule has 0 atom stereocenters. The summed E-state index contributed by atoms with van der Waals surface area (Å²) >= 11 is 0. The summed E-state index contributed by atoms with van der Waals surface area (Å²) in [5.74, 6) is 3.42. The van der Waals surface area contributed by atoms with Crippen molar-refractivity contribution in [2.24, 2.45) is 0 Å². The topological polar surface area (TPSA) is 71.0 Å². The first-order valence-electron chi connectivity index (χ1n) is 11.2. The molecular weight excluding hydrogens is 394 g/mol. The van der Waals surface area contributed by atoms with Crippen LogP contribution in [0.1, 0.15) is 30.5 Å². The molecule has 5 rings (SSSR count). The van der Waals surface area contributed by atoms with Crippen LogP contribution in [0.15, 0.2) is 24.3 Å². The third-order valence-corrected chi connectivity index (χ3v) is 6.22. The Morgan fingerprint density at radius 3 is 2.48 bits per heavy atom. The van der Waals surface area contributed by atoms with Gasteiger partial charge < -0.3 is 24.2 Å². The summed E-state index contributed by atoms with van der Waals surface area (Å²) in [5, 5.41) is 0. The van der Waals surface area contributed by atoms with Gasteiger partial charge in [0, 0.05) is 51.0 Å². The van der Waals surface area contributed by atoms with Gasteiger partial charge in [-0.3, -0.25) is 4.79 Å². The number of hydrogen-bond donors (Lipinski definition) is 0. The lowest BCUT2D eigenvalue weighted by Gasteiger charge is -2.36. The molecule has 1 aromatic heterocycles. The molecule has 3 aliphatic heterocycles. The number of aromatic nitrogens is 2. The molecule has 4 heterocycles. The zero-order valence-electron chi connectivity index (χ0n) is 18.0. The van der Waals surface area contributed by atoms with Crippen LogP contribution < -0.4 is 19.3 Å². The van der Waals surface area contributed by atoms with Gasteiger partial charge in [0.05, 0.1) is 6.42 Å². The van der Waals surface area contributed by atoms with E-state index in [2.05, 4.69) is 20.9 Å². The molecule has 2 fully saturated rings. The predicted molar refractivity (Wildman–Crippen MR) is 118 cm³/mol. The highest BCUT2D eigenvalue weighted by molar-refractivity contribution is 5.79. The minimum absolute atomic E-state index is 0.145. The number of piperidine rings is 1. The second kappa shape index (κ2) is 8.61. The minimum Gasteiger partial charge on any atom is -0.454 e. The number of rotatable bonds is 4. The van der Waals surface area contributed by atoms with E-state index in [1.807, 2.05) is 30.0 Å². The number of aryl methyl sites for hydroxylation is 1. The van der Waals surface area contributed by atoms with Crippen molar-refractivity contribution in [2.75, 3.05) is 55.9 Å². The van der Waals surface area contributed by atoms with Crippen LogP contribution in [-0.4, -0.2) is 66.8 Å². The van der Waals surface area contributed by atoms with E-state index in [4.69, 9.17) is 14.5 Å². The molecule has 1 amide bonds. The number of ether oxygens (including phenoxy) is 2. The number of fused-ring (bicyclic) bond motifs is 1. The highest BCUT2D eigenvalue weighted by Gasteiger charge is 2.24. The average Bonchev–Trinajstić information content (AvgIpc) is 3.27. The van der Waals surface area contributed by atoms with E-state index in [1.165, 1.54) is 19.3 Å². The van der Waals surface area contributed by atoms with E-state index < -0.39 is 0 Å². The number of carbonyl (C=O) groups excluding carboxylic acids is 1. The maximum Gasteiger partial charge on any atom is 0.231 e. The summed E-state index contributed by atoms with van der Waals surface area (Å²) in [5.41, 5.74) is 1.95. The van der Waals surface area contributed by atoms with E-state index >= 15 is 0 Å². The van der Waals surface area contributed by atoms with Gasteiger partial charge in [-0.05, 0) is 43.9 Å². The van der Waals surface area contributed by atoms with Crippen molar-refractivity contribution in [2.45, 2.75) is 32.6 Å². The van der Waals surface area contributed by atoms with Crippen LogP contribution in [0.2, 0.25) is 0 Å². The van der Waals surface area contributed by atoms with Crippen molar-refractivity contribution in [1.82, 2.24) is 14.9 Å². The lowest BCUT2D eigenvalue weighted by molar-refractivity contribution is -0.130. The van der Waals surface area contributed by atoms with Gasteiger partial charge in [0.1, 0.15) is 5.82 Å². The summed E-state index contributed by atoms with van der Waals surface area (Å²) in [4.78, 5) is 28.9. The van der Waals surface area contributed by atoms with Crippen molar-refractivity contribution in [3.05, 3.63) is 35.5 Å². The highest BCUT2D eigenvalue weighted by Crippen LogP contribution is 2.32. The molecule has 0 bridgehead atoms. The molecule has 0 spiro atoms. The van der Waals surface area contributed by atoms with Crippen molar-refractivity contribution >= 4 is 17.7 Å². The number of carbonyl (C=O) groups is 1. The van der Waals surface area contributed by atoms with Gasteiger partial charge in [0.25, 0.3) is 0 Å². The first kappa shape index (κ1) is 19.9. The second-order valence-corrected chi connectivity index (χ2v) is 8.45. The van der Waals surface area contributed by atoms with Crippen LogP contribution in [0.25, 0.3) is 0 Å². The molecule has 0 saturated carbocycles. The van der Waals surface area contributed by atoms with Crippen LogP contribution in [0.5, 0.6) is 11.5 Å². The first-order chi connectivity index (χ1) is 15.2. The van der Waals surface area contributed by atoms with E-state index in [0.717, 1.165) is 60.7 Å². The smallest absolute Gasteiger partial charge is 0.231 e. The number of benzene rings is 1. The van der Waals surface area contributed by atoms with E-state index in [-0.39, 0.29) is 12.7 Å². The van der Waals surface area contributed by atoms with Crippen molar-refractivity contribution in [3.8, 4) is 11.5 Å². The molecule has 2 aromatic rings. The van der Waals surface area contributed by atoms with Gasteiger partial charge in [-0.1, -0.05) is 6.07 Å². The fourth-order valence-corrected chi connectivity index (χ4v) is 4.46. The Morgan fingerprint density at radius 2 is 1.68 bits per heavy atom. The average molecular weight is 424 g/mol. The Kier molecular flexibility index (Phi) is 5.53. The summed E-state index contributed by atoms with van der Waals surface area (Å²) in [6.07, 6.45) is 4.08. The van der Waals surface area contributed by atoms with E-state index in [9.17, 15) is 4.79 Å². The van der Waals surface area contributed by atoms with Gasteiger partial charge >= 0.3 is 0 Å². The maximum absolute atomic E-state index is 12.8. The Morgan fingerprint density at radius 1 is 0.903 bits per heavy atom. The number of hydrogen-bond acceptors (Lipinski definition) is 7. The predicted octanol–water partition coefficient (Wildman–Crippen LogP) is 2.40. The normalized spacial score (nSPS) is 18.4. The van der Waals surface area contributed by atoms with Crippen molar-refractivity contribution in [1.29, 1.82) is 0 Å². The van der Waals surface area contributed by atoms with Crippen molar-refractivity contribution < 1.29 is 14.3 Å². The molecule has 0 aliphatic carbocycles. The van der Waals surface area contributed by atoms with Gasteiger partial charge in [0.15, 0.2) is 11.5 Å².